The van der Waals surface area contributed by atoms with Crippen molar-refractivity contribution >= 4 is 39.1 Å². The van der Waals surface area contributed by atoms with E-state index in [0.717, 1.165) is 36.5 Å². The van der Waals surface area contributed by atoms with Gasteiger partial charge in [0.1, 0.15) is 0 Å². The summed E-state index contributed by atoms with van der Waals surface area (Å²) >= 11 is 1.63. The number of carbonyl (C=O) groups excluding carboxylic acids is 1. The Balaban J connectivity index is 1.98. The van der Waals surface area contributed by atoms with Crippen LogP contribution in [-0.2, 0) is 10.0 Å². The fraction of sp³-hybridized carbons (Fsp3) is 0.409. The molecule has 1 fully saturated rings. The first-order valence-corrected chi connectivity index (χ1v) is 12.9. The number of nitrogens with one attached hydrogen (secondary N) is 1. The number of thioether (sulfide) groups is 1. The van der Waals surface area contributed by atoms with Crippen LogP contribution in [0.4, 0.5) is 11.4 Å². The highest BCUT2D eigenvalue weighted by Gasteiger charge is 2.26. The number of sulfonamides is 1. The largest absolute Gasteiger partial charge is 0.371 e. The van der Waals surface area contributed by atoms with Gasteiger partial charge in [0.2, 0.25) is 10.0 Å². The van der Waals surface area contributed by atoms with Gasteiger partial charge in [-0.05, 0) is 61.6 Å². The van der Waals surface area contributed by atoms with Gasteiger partial charge in [-0.1, -0.05) is 13.8 Å². The van der Waals surface area contributed by atoms with E-state index in [4.69, 9.17) is 0 Å². The maximum Gasteiger partial charge on any atom is 0.257 e. The van der Waals surface area contributed by atoms with Crippen LogP contribution in [0.25, 0.3) is 0 Å². The van der Waals surface area contributed by atoms with Gasteiger partial charge in [-0.2, -0.15) is 4.31 Å². The molecule has 8 heteroatoms. The lowest BCUT2D eigenvalue weighted by Gasteiger charge is -2.23. The van der Waals surface area contributed by atoms with Gasteiger partial charge >= 0.3 is 0 Å². The highest BCUT2D eigenvalue weighted by Crippen LogP contribution is 2.29. The summed E-state index contributed by atoms with van der Waals surface area (Å²) in [6.45, 7) is 6.12. The number of benzene rings is 2. The second kappa shape index (κ2) is 9.85. The van der Waals surface area contributed by atoms with Crippen molar-refractivity contribution in [3.8, 4) is 0 Å². The molecule has 3 rings (SSSR count). The molecule has 1 amide bonds. The Morgan fingerprint density at radius 1 is 1.07 bits per heavy atom. The fourth-order valence-electron chi connectivity index (χ4n) is 3.68. The molecule has 1 aliphatic heterocycles. The van der Waals surface area contributed by atoms with Crippen molar-refractivity contribution in [2.75, 3.05) is 42.7 Å². The minimum Gasteiger partial charge on any atom is -0.371 e. The standard InChI is InChI=1S/C22H29N3O3S2/c1-4-25(5-2)30(27,28)19-12-13-21(24-14-6-7-15-24)20(16-19)22(26)23-17-8-10-18(29-3)11-9-17/h8-13,16H,4-7,14-15H2,1-3H3,(H,23,26). The van der Waals surface area contributed by atoms with Crippen LogP contribution in [0.1, 0.15) is 37.0 Å². The molecule has 162 valence electrons. The summed E-state index contributed by atoms with van der Waals surface area (Å²) in [4.78, 5) is 16.6. The van der Waals surface area contributed by atoms with E-state index in [9.17, 15) is 13.2 Å². The fourth-order valence-corrected chi connectivity index (χ4v) is 5.57. The number of anilines is 2. The lowest BCUT2D eigenvalue weighted by atomic mass is 10.1. The molecule has 0 saturated carbocycles. The molecule has 0 bridgehead atoms. The number of carbonyl (C=O) groups is 1. The normalized spacial score (nSPS) is 14.3. The van der Waals surface area contributed by atoms with Gasteiger partial charge in [-0.15, -0.1) is 11.8 Å². The van der Waals surface area contributed by atoms with Crippen LogP contribution >= 0.6 is 11.8 Å². The molecule has 0 unspecified atom stereocenters. The van der Waals surface area contributed by atoms with E-state index in [0.29, 0.717) is 24.3 Å². The smallest absolute Gasteiger partial charge is 0.257 e. The summed E-state index contributed by atoms with van der Waals surface area (Å²) in [6, 6.07) is 12.5. The van der Waals surface area contributed by atoms with Gasteiger partial charge in [0.25, 0.3) is 5.91 Å². The van der Waals surface area contributed by atoms with E-state index in [1.54, 1.807) is 23.9 Å². The summed E-state index contributed by atoms with van der Waals surface area (Å²) in [6.07, 6.45) is 4.13. The molecular weight excluding hydrogens is 418 g/mol. The van der Waals surface area contributed by atoms with Crippen LogP contribution in [0.3, 0.4) is 0 Å². The lowest BCUT2D eigenvalue weighted by molar-refractivity contribution is 0.102. The first-order valence-electron chi connectivity index (χ1n) is 10.2. The molecule has 0 atom stereocenters. The van der Waals surface area contributed by atoms with Gasteiger partial charge in [-0.3, -0.25) is 4.79 Å². The zero-order valence-electron chi connectivity index (χ0n) is 17.7. The number of hydrogen-bond donors (Lipinski definition) is 1. The number of hydrogen-bond acceptors (Lipinski definition) is 5. The van der Waals surface area contributed by atoms with E-state index < -0.39 is 10.0 Å². The van der Waals surface area contributed by atoms with Gasteiger partial charge < -0.3 is 10.2 Å². The van der Waals surface area contributed by atoms with Gasteiger partial charge in [-0.25, -0.2) is 8.42 Å². The third-order valence-corrected chi connectivity index (χ3v) is 8.14. The van der Waals surface area contributed by atoms with E-state index in [2.05, 4.69) is 10.2 Å². The quantitative estimate of drug-likeness (QED) is 0.611. The SMILES string of the molecule is CCN(CC)S(=O)(=O)c1ccc(N2CCCC2)c(C(=O)Nc2ccc(SC)cc2)c1. The molecule has 1 aliphatic rings. The summed E-state index contributed by atoms with van der Waals surface area (Å²) < 4.78 is 27.4. The first kappa shape index (κ1) is 22.7. The summed E-state index contributed by atoms with van der Waals surface area (Å²) in [5.41, 5.74) is 1.85. The zero-order chi connectivity index (χ0) is 21.7. The Labute approximate surface area is 183 Å². The summed E-state index contributed by atoms with van der Waals surface area (Å²) in [5, 5.41) is 2.93. The third kappa shape index (κ3) is 4.82. The summed E-state index contributed by atoms with van der Waals surface area (Å²) in [7, 11) is -3.65. The van der Waals surface area contributed by atoms with Crippen LogP contribution in [0.5, 0.6) is 0 Å². The van der Waals surface area contributed by atoms with E-state index in [-0.39, 0.29) is 10.8 Å². The van der Waals surface area contributed by atoms with Gasteiger partial charge in [0.15, 0.2) is 0 Å². The van der Waals surface area contributed by atoms with Crippen molar-refractivity contribution in [2.24, 2.45) is 0 Å². The Morgan fingerprint density at radius 3 is 2.27 bits per heavy atom. The Morgan fingerprint density at radius 2 is 1.70 bits per heavy atom. The highest BCUT2D eigenvalue weighted by molar-refractivity contribution is 7.98. The van der Waals surface area contributed by atoms with Gasteiger partial charge in [0.05, 0.1) is 10.5 Å². The molecule has 1 N–H and O–H groups in total. The maximum atomic E-state index is 13.2. The summed E-state index contributed by atoms with van der Waals surface area (Å²) in [5.74, 6) is -0.301. The molecule has 1 heterocycles. The molecule has 2 aromatic carbocycles. The van der Waals surface area contributed by atoms with Crippen molar-refractivity contribution in [3.05, 3.63) is 48.0 Å². The van der Waals surface area contributed by atoms with Crippen LogP contribution in [0, 0.1) is 0 Å². The van der Waals surface area contributed by atoms with Crippen LogP contribution < -0.4 is 10.2 Å². The average molecular weight is 448 g/mol. The number of nitrogens with zero attached hydrogens (tertiary/aromatic N) is 2. The van der Waals surface area contributed by atoms with Crippen molar-refractivity contribution < 1.29 is 13.2 Å². The molecule has 2 aromatic rings. The molecule has 0 aromatic heterocycles. The van der Waals surface area contributed by atoms with Gasteiger partial charge in [0, 0.05) is 42.4 Å². The highest BCUT2D eigenvalue weighted by atomic mass is 32.2. The minimum absolute atomic E-state index is 0.150. The lowest BCUT2D eigenvalue weighted by Crippen LogP contribution is -2.31. The maximum absolute atomic E-state index is 13.2. The van der Waals surface area contributed by atoms with Crippen LogP contribution in [0.15, 0.2) is 52.3 Å². The average Bonchev–Trinajstić information content (AvgIpc) is 3.29. The zero-order valence-corrected chi connectivity index (χ0v) is 19.4. The van der Waals surface area contributed by atoms with E-state index >= 15 is 0 Å². The molecular formula is C22H29N3O3S2. The first-order chi connectivity index (χ1) is 14.4. The van der Waals surface area contributed by atoms with Crippen molar-refractivity contribution in [1.29, 1.82) is 0 Å². The topological polar surface area (TPSA) is 69.7 Å². The van der Waals surface area contributed by atoms with E-state index in [1.807, 2.05) is 44.4 Å². The monoisotopic (exact) mass is 447 g/mol. The third-order valence-electron chi connectivity index (χ3n) is 5.35. The predicted octanol–water partition coefficient (Wildman–Crippen LogP) is 4.29. The minimum atomic E-state index is -3.65. The van der Waals surface area contributed by atoms with E-state index in [1.165, 1.54) is 10.4 Å². The van der Waals surface area contributed by atoms with Crippen molar-refractivity contribution in [1.82, 2.24) is 4.31 Å². The molecule has 0 spiro atoms. The predicted molar refractivity (Wildman–Crippen MR) is 124 cm³/mol. The molecule has 6 nitrogen and oxygen atoms in total. The number of rotatable bonds is 8. The second-order valence-corrected chi connectivity index (χ2v) is 9.96. The Kier molecular flexibility index (Phi) is 7.44. The molecule has 1 saturated heterocycles. The second-order valence-electron chi connectivity index (χ2n) is 7.15. The Hall–Kier alpha value is -2.03. The van der Waals surface area contributed by atoms with Crippen molar-refractivity contribution in [2.45, 2.75) is 36.5 Å². The number of amides is 1. The Bertz CT molecular complexity index is 981. The van der Waals surface area contributed by atoms with Crippen molar-refractivity contribution in [3.63, 3.8) is 0 Å². The molecule has 0 radical (unpaired) electrons. The van der Waals surface area contributed by atoms with Crippen LogP contribution in [-0.4, -0.2) is 51.1 Å². The molecule has 30 heavy (non-hydrogen) atoms. The molecule has 0 aliphatic carbocycles. The van der Waals surface area contributed by atoms with Crippen LogP contribution in [0.2, 0.25) is 0 Å².